The van der Waals surface area contributed by atoms with E-state index in [9.17, 15) is 14.0 Å². The van der Waals surface area contributed by atoms with Crippen LogP contribution in [0.3, 0.4) is 0 Å². The summed E-state index contributed by atoms with van der Waals surface area (Å²) in [5.41, 5.74) is 2.13. The zero-order chi connectivity index (χ0) is 18.0. The van der Waals surface area contributed by atoms with Gasteiger partial charge in [-0.05, 0) is 48.7 Å². The molecule has 0 aliphatic carbocycles. The fraction of sp³-hybridized carbons (Fsp3) is 0.263. The van der Waals surface area contributed by atoms with E-state index in [-0.39, 0.29) is 24.2 Å². The molecule has 0 atom stereocenters. The Morgan fingerprint density at radius 3 is 2.76 bits per heavy atom. The highest BCUT2D eigenvalue weighted by Gasteiger charge is 2.26. The molecule has 3 rings (SSSR count). The molecule has 0 unspecified atom stereocenters. The zero-order valence-corrected chi connectivity index (χ0v) is 14.6. The van der Waals surface area contributed by atoms with E-state index in [1.54, 1.807) is 42.2 Å². The Morgan fingerprint density at radius 2 is 2.08 bits per heavy atom. The molecule has 25 heavy (non-hydrogen) atoms. The lowest BCUT2D eigenvalue weighted by molar-refractivity contribution is -0.117. The molecule has 2 aromatic rings. The predicted octanol–water partition coefficient (Wildman–Crippen LogP) is 3.84. The number of carbonyl (C=O) groups excluding carboxylic acids is 2. The summed E-state index contributed by atoms with van der Waals surface area (Å²) in [7, 11) is 0. The van der Waals surface area contributed by atoms with E-state index in [0.717, 1.165) is 6.42 Å². The fourth-order valence-corrected chi connectivity index (χ4v) is 3.01. The normalized spacial score (nSPS) is 14.0. The Morgan fingerprint density at radius 1 is 1.28 bits per heavy atom. The number of benzene rings is 2. The molecule has 0 spiro atoms. The first-order valence-corrected chi connectivity index (χ1v) is 8.46. The van der Waals surface area contributed by atoms with Gasteiger partial charge in [0.05, 0.1) is 11.3 Å². The summed E-state index contributed by atoms with van der Waals surface area (Å²) in [6, 6.07) is 9.70. The van der Waals surface area contributed by atoms with Crippen LogP contribution in [-0.2, 0) is 11.3 Å². The molecule has 6 heteroatoms. The molecule has 1 aliphatic rings. The molecule has 1 saturated heterocycles. The van der Waals surface area contributed by atoms with Gasteiger partial charge in [0.1, 0.15) is 5.82 Å². The van der Waals surface area contributed by atoms with Crippen molar-refractivity contribution >= 4 is 29.1 Å². The number of anilines is 1. The van der Waals surface area contributed by atoms with Gasteiger partial charge in [0.2, 0.25) is 5.91 Å². The van der Waals surface area contributed by atoms with Gasteiger partial charge in [-0.2, -0.15) is 0 Å². The largest absolute Gasteiger partial charge is 0.348 e. The van der Waals surface area contributed by atoms with Gasteiger partial charge in [0.15, 0.2) is 0 Å². The van der Waals surface area contributed by atoms with Crippen molar-refractivity contribution in [3.05, 3.63) is 63.9 Å². The molecule has 4 nitrogen and oxygen atoms in total. The highest BCUT2D eigenvalue weighted by atomic mass is 35.5. The number of hydrogen-bond donors (Lipinski definition) is 1. The van der Waals surface area contributed by atoms with Crippen molar-refractivity contribution in [1.82, 2.24) is 5.32 Å². The Balaban J connectivity index is 1.79. The Labute approximate surface area is 150 Å². The quantitative estimate of drug-likeness (QED) is 0.900. The monoisotopic (exact) mass is 360 g/mol. The average molecular weight is 361 g/mol. The lowest BCUT2D eigenvalue weighted by Crippen LogP contribution is -2.29. The van der Waals surface area contributed by atoms with E-state index >= 15 is 0 Å². The predicted molar refractivity (Wildman–Crippen MR) is 95.3 cm³/mol. The van der Waals surface area contributed by atoms with E-state index in [1.165, 1.54) is 6.07 Å². The number of carbonyl (C=O) groups is 2. The summed E-state index contributed by atoms with van der Waals surface area (Å²) in [5.74, 6) is -0.647. The van der Waals surface area contributed by atoms with Gasteiger partial charge in [-0.1, -0.05) is 23.7 Å². The number of aryl methyl sites for hydroxylation is 1. The molecule has 130 valence electrons. The molecule has 1 N–H and O–H groups in total. The molecule has 0 aromatic heterocycles. The molecular weight excluding hydrogens is 343 g/mol. The van der Waals surface area contributed by atoms with Crippen LogP contribution in [0.2, 0.25) is 5.02 Å². The van der Waals surface area contributed by atoms with Crippen LogP contribution in [0.15, 0.2) is 36.4 Å². The minimum atomic E-state index is -0.327. The van der Waals surface area contributed by atoms with Crippen molar-refractivity contribution in [1.29, 1.82) is 0 Å². The molecule has 1 fully saturated rings. The van der Waals surface area contributed by atoms with Crippen molar-refractivity contribution in [3.8, 4) is 0 Å². The standard InChI is InChI=1S/C19H18ClFN2O2/c1-12-4-5-13(9-16(12)21)11-22-19(25)15-7-6-14(20)10-17(15)23-8-2-3-18(23)24/h4-7,9-10H,2-3,8,11H2,1H3,(H,22,25). The van der Waals surface area contributed by atoms with Crippen LogP contribution in [0.4, 0.5) is 10.1 Å². The number of halogens is 2. The number of nitrogens with one attached hydrogen (secondary N) is 1. The van der Waals surface area contributed by atoms with E-state index in [1.807, 2.05) is 0 Å². The summed E-state index contributed by atoms with van der Waals surface area (Å²) in [6.07, 6.45) is 1.23. The van der Waals surface area contributed by atoms with E-state index in [4.69, 9.17) is 11.6 Å². The maximum Gasteiger partial charge on any atom is 0.253 e. The van der Waals surface area contributed by atoms with Crippen molar-refractivity contribution in [3.63, 3.8) is 0 Å². The van der Waals surface area contributed by atoms with E-state index < -0.39 is 0 Å². The third kappa shape index (κ3) is 3.82. The second kappa shape index (κ2) is 7.23. The maximum absolute atomic E-state index is 13.6. The van der Waals surface area contributed by atoms with Crippen LogP contribution in [0.25, 0.3) is 0 Å². The smallest absolute Gasteiger partial charge is 0.253 e. The van der Waals surface area contributed by atoms with Crippen molar-refractivity contribution < 1.29 is 14.0 Å². The first kappa shape index (κ1) is 17.4. The van der Waals surface area contributed by atoms with Crippen LogP contribution >= 0.6 is 11.6 Å². The van der Waals surface area contributed by atoms with Gasteiger partial charge >= 0.3 is 0 Å². The topological polar surface area (TPSA) is 49.4 Å². The Kier molecular flexibility index (Phi) is 5.04. The maximum atomic E-state index is 13.6. The van der Waals surface area contributed by atoms with Gasteiger partial charge in [-0.25, -0.2) is 4.39 Å². The third-order valence-electron chi connectivity index (χ3n) is 4.26. The van der Waals surface area contributed by atoms with Crippen LogP contribution in [-0.4, -0.2) is 18.4 Å². The molecule has 2 aromatic carbocycles. The summed E-state index contributed by atoms with van der Waals surface area (Å²) in [4.78, 5) is 26.2. The van der Waals surface area contributed by atoms with Gasteiger partial charge in [0.25, 0.3) is 5.91 Å². The van der Waals surface area contributed by atoms with Crippen molar-refractivity contribution in [2.45, 2.75) is 26.3 Å². The molecular formula is C19H18ClFN2O2. The molecule has 1 aliphatic heterocycles. The van der Waals surface area contributed by atoms with Crippen molar-refractivity contribution in [2.75, 3.05) is 11.4 Å². The van der Waals surface area contributed by atoms with Crippen LogP contribution < -0.4 is 10.2 Å². The molecule has 0 saturated carbocycles. The van der Waals surface area contributed by atoms with Crippen LogP contribution in [0.1, 0.15) is 34.3 Å². The minimum absolute atomic E-state index is 0.0167. The Bertz CT molecular complexity index is 838. The van der Waals surface area contributed by atoms with E-state index in [2.05, 4.69) is 5.32 Å². The third-order valence-corrected chi connectivity index (χ3v) is 4.49. The highest BCUT2D eigenvalue weighted by Crippen LogP contribution is 2.28. The molecule has 1 heterocycles. The zero-order valence-electron chi connectivity index (χ0n) is 13.8. The summed E-state index contributed by atoms with van der Waals surface area (Å²) < 4.78 is 13.6. The lowest BCUT2D eigenvalue weighted by atomic mass is 10.1. The summed E-state index contributed by atoms with van der Waals surface area (Å²) >= 11 is 6.04. The van der Waals surface area contributed by atoms with E-state index in [0.29, 0.717) is 40.4 Å². The summed E-state index contributed by atoms with van der Waals surface area (Å²) in [6.45, 7) is 2.46. The number of nitrogens with zero attached hydrogens (tertiary/aromatic N) is 1. The highest BCUT2D eigenvalue weighted by molar-refractivity contribution is 6.31. The second-order valence-electron chi connectivity index (χ2n) is 6.08. The van der Waals surface area contributed by atoms with Crippen LogP contribution in [0.5, 0.6) is 0 Å². The first-order valence-electron chi connectivity index (χ1n) is 8.09. The molecule has 2 amide bonds. The van der Waals surface area contributed by atoms with Gasteiger partial charge in [-0.15, -0.1) is 0 Å². The van der Waals surface area contributed by atoms with Gasteiger partial charge < -0.3 is 10.2 Å². The molecule has 0 radical (unpaired) electrons. The lowest BCUT2D eigenvalue weighted by Gasteiger charge is -2.19. The van der Waals surface area contributed by atoms with Crippen molar-refractivity contribution in [2.24, 2.45) is 0 Å². The van der Waals surface area contributed by atoms with Crippen LogP contribution in [0, 0.1) is 12.7 Å². The number of hydrogen-bond acceptors (Lipinski definition) is 2. The Hall–Kier alpha value is -2.40. The van der Waals surface area contributed by atoms with Gasteiger partial charge in [0, 0.05) is 24.5 Å². The molecule has 0 bridgehead atoms. The van der Waals surface area contributed by atoms with Gasteiger partial charge in [-0.3, -0.25) is 9.59 Å². The summed E-state index contributed by atoms with van der Waals surface area (Å²) in [5, 5.41) is 3.24. The SMILES string of the molecule is Cc1ccc(CNC(=O)c2ccc(Cl)cc2N2CCCC2=O)cc1F. The second-order valence-corrected chi connectivity index (χ2v) is 6.51. The number of rotatable bonds is 4. The first-order chi connectivity index (χ1) is 12.0. The minimum Gasteiger partial charge on any atom is -0.348 e. The number of amides is 2. The fourth-order valence-electron chi connectivity index (χ4n) is 2.85. The average Bonchev–Trinajstić information content (AvgIpc) is 3.01.